The maximum atomic E-state index is 12.4. The lowest BCUT2D eigenvalue weighted by Crippen LogP contribution is -2.47. The summed E-state index contributed by atoms with van der Waals surface area (Å²) < 4.78 is 28.4. The van der Waals surface area contributed by atoms with Gasteiger partial charge in [0.2, 0.25) is 15.9 Å². The molecule has 1 aliphatic heterocycles. The van der Waals surface area contributed by atoms with Crippen LogP contribution in [0, 0.1) is 0 Å². The second-order valence-corrected chi connectivity index (χ2v) is 7.47. The molecule has 2 aromatic rings. The summed E-state index contributed by atoms with van der Waals surface area (Å²) in [5.41, 5.74) is 1.56. The number of hydrogen-bond acceptors (Lipinski definition) is 4. The first kappa shape index (κ1) is 15.1. The number of hydrogen-bond donors (Lipinski definition) is 1. The number of para-hydroxylation sites is 1. The SMILES string of the molecule is NS(=O)(=O)C1CCCN(C(=O)Cc2coc3ccccc23)C1. The number of primary sulfonamides is 1. The highest BCUT2D eigenvalue weighted by Crippen LogP contribution is 2.22. The van der Waals surface area contributed by atoms with Crippen molar-refractivity contribution in [3.63, 3.8) is 0 Å². The van der Waals surface area contributed by atoms with Crippen molar-refractivity contribution in [1.82, 2.24) is 4.90 Å². The van der Waals surface area contributed by atoms with Crippen LogP contribution in [-0.2, 0) is 21.2 Å². The third kappa shape index (κ3) is 3.00. The van der Waals surface area contributed by atoms with Crippen LogP contribution in [0.5, 0.6) is 0 Å². The summed E-state index contributed by atoms with van der Waals surface area (Å²) in [5.74, 6) is -0.0973. The lowest BCUT2D eigenvalue weighted by molar-refractivity contribution is -0.131. The molecule has 0 aliphatic carbocycles. The first-order valence-corrected chi connectivity index (χ1v) is 8.80. The van der Waals surface area contributed by atoms with Gasteiger partial charge in [0, 0.05) is 24.0 Å². The number of amides is 1. The number of rotatable bonds is 3. The van der Waals surface area contributed by atoms with Gasteiger partial charge in [0.05, 0.1) is 17.9 Å². The number of carbonyl (C=O) groups excluding carboxylic acids is 1. The molecule has 0 saturated carbocycles. The highest BCUT2D eigenvalue weighted by atomic mass is 32.2. The minimum atomic E-state index is -3.60. The van der Waals surface area contributed by atoms with Gasteiger partial charge in [-0.1, -0.05) is 18.2 Å². The Morgan fingerprint density at radius 1 is 1.36 bits per heavy atom. The van der Waals surface area contributed by atoms with E-state index in [2.05, 4.69) is 0 Å². The zero-order valence-electron chi connectivity index (χ0n) is 12.1. The Bertz CT molecular complexity index is 797. The molecular formula is C15H18N2O4S. The molecule has 7 heteroatoms. The molecule has 3 rings (SSSR count). The average Bonchev–Trinajstić information content (AvgIpc) is 2.90. The summed E-state index contributed by atoms with van der Waals surface area (Å²) in [6.45, 7) is 0.744. The lowest BCUT2D eigenvalue weighted by atomic mass is 10.1. The van der Waals surface area contributed by atoms with Crippen LogP contribution in [-0.4, -0.2) is 37.6 Å². The number of likely N-dealkylation sites (tertiary alicyclic amines) is 1. The standard InChI is InChI=1S/C15H18N2O4S/c16-22(19,20)12-4-3-7-17(9-12)15(18)8-11-10-21-14-6-2-1-5-13(11)14/h1-2,5-6,10,12H,3-4,7-9H2,(H2,16,19,20). The van der Waals surface area contributed by atoms with Crippen LogP contribution in [0.2, 0.25) is 0 Å². The van der Waals surface area contributed by atoms with E-state index in [0.717, 1.165) is 16.5 Å². The second kappa shape index (κ2) is 5.73. The predicted molar refractivity (Wildman–Crippen MR) is 82.6 cm³/mol. The van der Waals surface area contributed by atoms with E-state index < -0.39 is 15.3 Å². The number of nitrogens with zero attached hydrogens (tertiary/aromatic N) is 1. The highest BCUT2D eigenvalue weighted by molar-refractivity contribution is 7.89. The average molecular weight is 322 g/mol. The van der Waals surface area contributed by atoms with Crippen LogP contribution in [0.15, 0.2) is 34.9 Å². The molecule has 1 aromatic carbocycles. The molecule has 22 heavy (non-hydrogen) atoms. The topological polar surface area (TPSA) is 93.6 Å². The zero-order chi connectivity index (χ0) is 15.7. The van der Waals surface area contributed by atoms with Gasteiger partial charge >= 0.3 is 0 Å². The van der Waals surface area contributed by atoms with Crippen molar-refractivity contribution in [3.05, 3.63) is 36.1 Å². The van der Waals surface area contributed by atoms with Crippen molar-refractivity contribution in [2.45, 2.75) is 24.5 Å². The molecular weight excluding hydrogens is 304 g/mol. The number of benzene rings is 1. The van der Waals surface area contributed by atoms with Gasteiger partial charge in [-0.25, -0.2) is 13.6 Å². The number of sulfonamides is 1. The molecule has 1 atom stereocenters. The molecule has 6 nitrogen and oxygen atoms in total. The smallest absolute Gasteiger partial charge is 0.227 e. The second-order valence-electron chi connectivity index (χ2n) is 5.63. The van der Waals surface area contributed by atoms with Crippen molar-refractivity contribution >= 4 is 26.9 Å². The summed E-state index contributed by atoms with van der Waals surface area (Å²) >= 11 is 0. The summed E-state index contributed by atoms with van der Waals surface area (Å²) in [7, 11) is -3.60. The number of carbonyl (C=O) groups is 1. The molecule has 1 aromatic heterocycles. The van der Waals surface area contributed by atoms with E-state index in [0.29, 0.717) is 19.4 Å². The molecule has 0 bridgehead atoms. The van der Waals surface area contributed by atoms with Crippen LogP contribution in [0.1, 0.15) is 18.4 Å². The van der Waals surface area contributed by atoms with Gasteiger partial charge in [-0.15, -0.1) is 0 Å². The highest BCUT2D eigenvalue weighted by Gasteiger charge is 2.30. The van der Waals surface area contributed by atoms with E-state index in [1.807, 2.05) is 24.3 Å². The molecule has 2 N–H and O–H groups in total. The molecule has 1 unspecified atom stereocenters. The molecule has 2 heterocycles. The fourth-order valence-electron chi connectivity index (χ4n) is 2.88. The molecule has 0 spiro atoms. The van der Waals surface area contributed by atoms with Gasteiger partial charge in [0.1, 0.15) is 5.58 Å². The quantitative estimate of drug-likeness (QED) is 0.920. The van der Waals surface area contributed by atoms with E-state index in [1.54, 1.807) is 11.2 Å². The third-order valence-corrected chi connectivity index (χ3v) is 5.41. The normalized spacial score (nSPS) is 19.5. The number of piperidine rings is 1. The van der Waals surface area contributed by atoms with E-state index in [-0.39, 0.29) is 18.9 Å². The maximum Gasteiger partial charge on any atom is 0.227 e. The summed E-state index contributed by atoms with van der Waals surface area (Å²) in [6, 6.07) is 7.52. The Balaban J connectivity index is 1.74. The molecule has 1 saturated heterocycles. The summed E-state index contributed by atoms with van der Waals surface area (Å²) in [4.78, 5) is 14.0. The van der Waals surface area contributed by atoms with E-state index in [4.69, 9.17) is 9.56 Å². The minimum absolute atomic E-state index is 0.0973. The Kier molecular flexibility index (Phi) is 3.92. The monoisotopic (exact) mass is 322 g/mol. The first-order chi connectivity index (χ1) is 10.4. The van der Waals surface area contributed by atoms with Crippen LogP contribution in [0.4, 0.5) is 0 Å². The lowest BCUT2D eigenvalue weighted by Gasteiger charge is -2.31. The van der Waals surface area contributed by atoms with Crippen LogP contribution in [0.25, 0.3) is 11.0 Å². The van der Waals surface area contributed by atoms with Crippen LogP contribution >= 0.6 is 0 Å². The minimum Gasteiger partial charge on any atom is -0.464 e. The number of nitrogens with two attached hydrogens (primary N) is 1. The third-order valence-electron chi connectivity index (χ3n) is 4.10. The maximum absolute atomic E-state index is 12.4. The molecule has 1 aliphatic rings. The van der Waals surface area contributed by atoms with Crippen LogP contribution in [0.3, 0.4) is 0 Å². The fraction of sp³-hybridized carbons (Fsp3) is 0.400. The van der Waals surface area contributed by atoms with E-state index in [1.165, 1.54) is 0 Å². The fourth-order valence-corrected chi connectivity index (χ4v) is 3.76. The Labute approximate surface area is 128 Å². The van der Waals surface area contributed by atoms with Gasteiger partial charge < -0.3 is 9.32 Å². The van der Waals surface area contributed by atoms with Gasteiger partial charge in [-0.05, 0) is 18.9 Å². The van der Waals surface area contributed by atoms with Crippen LogP contribution < -0.4 is 5.14 Å². The van der Waals surface area contributed by atoms with Gasteiger partial charge in [-0.3, -0.25) is 4.79 Å². The Morgan fingerprint density at radius 2 is 2.14 bits per heavy atom. The molecule has 1 amide bonds. The van der Waals surface area contributed by atoms with Crippen molar-refractivity contribution in [2.75, 3.05) is 13.1 Å². The summed E-state index contributed by atoms with van der Waals surface area (Å²) in [5, 5.41) is 5.45. The number of furan rings is 1. The predicted octanol–water partition coefficient (Wildman–Crippen LogP) is 1.25. The largest absolute Gasteiger partial charge is 0.464 e. The van der Waals surface area contributed by atoms with Gasteiger partial charge in [-0.2, -0.15) is 0 Å². The molecule has 1 fully saturated rings. The summed E-state index contributed by atoms with van der Waals surface area (Å²) in [6.07, 6.45) is 2.95. The van der Waals surface area contributed by atoms with E-state index >= 15 is 0 Å². The zero-order valence-corrected chi connectivity index (χ0v) is 12.9. The van der Waals surface area contributed by atoms with Crippen molar-refractivity contribution in [1.29, 1.82) is 0 Å². The Morgan fingerprint density at radius 3 is 2.91 bits per heavy atom. The number of fused-ring (bicyclic) bond motifs is 1. The first-order valence-electron chi connectivity index (χ1n) is 7.19. The Hall–Kier alpha value is -1.86. The van der Waals surface area contributed by atoms with Gasteiger partial charge in [0.25, 0.3) is 0 Å². The van der Waals surface area contributed by atoms with Gasteiger partial charge in [0.15, 0.2) is 0 Å². The van der Waals surface area contributed by atoms with Crippen molar-refractivity contribution in [3.8, 4) is 0 Å². The van der Waals surface area contributed by atoms with Crippen molar-refractivity contribution in [2.24, 2.45) is 5.14 Å². The molecule has 0 radical (unpaired) electrons. The van der Waals surface area contributed by atoms with Crippen molar-refractivity contribution < 1.29 is 17.6 Å². The van der Waals surface area contributed by atoms with E-state index in [9.17, 15) is 13.2 Å². The molecule has 118 valence electrons.